The number of carbonyl (C=O) groups excluding carboxylic acids is 1. The number of anilines is 1. The summed E-state index contributed by atoms with van der Waals surface area (Å²) in [6.07, 6.45) is 1.33. The van der Waals surface area contributed by atoms with Gasteiger partial charge in [-0.1, -0.05) is 0 Å². The average Bonchev–Trinajstić information content (AvgIpc) is 2.55. The maximum absolute atomic E-state index is 11.9. The minimum Gasteiger partial charge on any atom is -0.462 e. The van der Waals surface area contributed by atoms with Crippen LogP contribution < -0.4 is 5.73 Å². The predicted octanol–water partition coefficient (Wildman–Crippen LogP) is 1.56. The van der Waals surface area contributed by atoms with Gasteiger partial charge in [-0.25, -0.2) is 14.3 Å². The number of fused-ring (bicyclic) bond motifs is 1. The van der Waals surface area contributed by atoms with Crippen LogP contribution in [0.1, 0.15) is 22.8 Å². The van der Waals surface area contributed by atoms with Crippen LogP contribution in [0.2, 0.25) is 0 Å². The molecule has 0 amide bonds. The molecule has 2 aromatic rings. The van der Waals surface area contributed by atoms with E-state index in [0.717, 1.165) is 5.56 Å². The number of halogens is 1. The molecular weight excluding hydrogens is 288 g/mol. The Balaban J connectivity index is 2.78. The lowest BCUT2D eigenvalue weighted by Gasteiger charge is -2.02. The highest BCUT2D eigenvalue weighted by atomic mass is 79.9. The Kier molecular flexibility index (Phi) is 3.01. The van der Waals surface area contributed by atoms with Gasteiger partial charge in [0.25, 0.3) is 0 Å². The van der Waals surface area contributed by atoms with E-state index in [0.29, 0.717) is 22.3 Å². The molecule has 0 atom stereocenters. The lowest BCUT2D eigenvalue weighted by molar-refractivity contribution is 0.0528. The first-order chi connectivity index (χ1) is 8.07. The lowest BCUT2D eigenvalue weighted by Crippen LogP contribution is -2.07. The number of nitrogen functional groups attached to an aromatic ring is 1. The third kappa shape index (κ3) is 1.76. The third-order valence-corrected chi connectivity index (χ3v) is 3.34. The summed E-state index contributed by atoms with van der Waals surface area (Å²) in [6, 6.07) is 0. The van der Waals surface area contributed by atoms with Gasteiger partial charge in [-0.05, 0) is 35.3 Å². The lowest BCUT2D eigenvalue weighted by atomic mass is 10.2. The molecule has 0 aromatic carbocycles. The molecule has 0 spiro atoms. The van der Waals surface area contributed by atoms with E-state index in [1.165, 1.54) is 10.8 Å². The molecule has 0 saturated carbocycles. The SMILES string of the molecule is CCOC(=O)c1c(C)c(Br)n2ncnc(N)c12. The van der Waals surface area contributed by atoms with E-state index in [1.54, 1.807) is 13.8 Å². The molecule has 2 aromatic heterocycles. The fourth-order valence-corrected chi connectivity index (χ4v) is 2.11. The quantitative estimate of drug-likeness (QED) is 0.851. The monoisotopic (exact) mass is 298 g/mol. The van der Waals surface area contributed by atoms with E-state index in [-0.39, 0.29) is 5.82 Å². The molecule has 0 unspecified atom stereocenters. The molecule has 7 heteroatoms. The van der Waals surface area contributed by atoms with Gasteiger partial charge in [0.15, 0.2) is 5.82 Å². The van der Waals surface area contributed by atoms with E-state index in [2.05, 4.69) is 26.0 Å². The number of rotatable bonds is 2. The van der Waals surface area contributed by atoms with Crippen molar-refractivity contribution < 1.29 is 9.53 Å². The van der Waals surface area contributed by atoms with Crippen LogP contribution >= 0.6 is 15.9 Å². The first-order valence-electron chi connectivity index (χ1n) is 5.02. The fourth-order valence-electron chi connectivity index (χ4n) is 1.64. The molecule has 17 heavy (non-hydrogen) atoms. The van der Waals surface area contributed by atoms with Crippen molar-refractivity contribution in [2.45, 2.75) is 13.8 Å². The maximum Gasteiger partial charge on any atom is 0.340 e. The van der Waals surface area contributed by atoms with Crippen molar-refractivity contribution in [1.29, 1.82) is 0 Å². The van der Waals surface area contributed by atoms with E-state index in [9.17, 15) is 4.79 Å². The fraction of sp³-hybridized carbons (Fsp3) is 0.300. The summed E-state index contributed by atoms with van der Waals surface area (Å²) in [6.45, 7) is 3.85. The van der Waals surface area contributed by atoms with E-state index in [1.807, 2.05) is 0 Å². The molecule has 90 valence electrons. The topological polar surface area (TPSA) is 82.5 Å². The number of nitrogens with zero attached hydrogens (tertiary/aromatic N) is 3. The smallest absolute Gasteiger partial charge is 0.340 e. The Hall–Kier alpha value is -1.63. The van der Waals surface area contributed by atoms with Crippen molar-refractivity contribution in [1.82, 2.24) is 14.6 Å². The highest BCUT2D eigenvalue weighted by Crippen LogP contribution is 2.29. The molecule has 0 aliphatic carbocycles. The largest absolute Gasteiger partial charge is 0.462 e. The number of aromatic nitrogens is 3. The second-order valence-corrected chi connectivity index (χ2v) is 4.17. The number of ether oxygens (including phenoxy) is 1. The number of hydrogen-bond acceptors (Lipinski definition) is 5. The van der Waals surface area contributed by atoms with Crippen LogP contribution in [0, 0.1) is 6.92 Å². The van der Waals surface area contributed by atoms with Gasteiger partial charge in [-0.3, -0.25) is 0 Å². The Bertz CT molecular complexity index is 593. The van der Waals surface area contributed by atoms with Crippen LogP contribution in [0.4, 0.5) is 5.82 Å². The standard InChI is InChI=1S/C10H11BrN4O2/c1-3-17-10(16)6-5(2)8(11)15-7(6)9(12)13-4-14-15/h4H,3H2,1-2H3,(H2,12,13,14). The summed E-state index contributed by atoms with van der Waals surface area (Å²) in [7, 11) is 0. The van der Waals surface area contributed by atoms with Crippen molar-refractivity contribution >= 4 is 33.2 Å². The van der Waals surface area contributed by atoms with Gasteiger partial charge in [0, 0.05) is 0 Å². The highest BCUT2D eigenvalue weighted by molar-refractivity contribution is 9.10. The molecule has 0 fully saturated rings. The van der Waals surface area contributed by atoms with Crippen molar-refractivity contribution in [2.24, 2.45) is 0 Å². The summed E-state index contributed by atoms with van der Waals surface area (Å²) in [5, 5.41) is 4.04. The first-order valence-corrected chi connectivity index (χ1v) is 5.81. The molecule has 0 aliphatic heterocycles. The molecule has 0 saturated heterocycles. The van der Waals surface area contributed by atoms with E-state index >= 15 is 0 Å². The molecule has 0 radical (unpaired) electrons. The number of carbonyl (C=O) groups is 1. The zero-order valence-corrected chi connectivity index (χ0v) is 11.0. The number of hydrogen-bond donors (Lipinski definition) is 1. The van der Waals surface area contributed by atoms with Gasteiger partial charge in [0.05, 0.1) is 12.2 Å². The number of nitrogens with two attached hydrogens (primary N) is 1. The molecule has 0 aliphatic rings. The van der Waals surface area contributed by atoms with Crippen LogP contribution in [0.3, 0.4) is 0 Å². The Labute approximate surface area is 106 Å². The van der Waals surface area contributed by atoms with Gasteiger partial charge in [-0.15, -0.1) is 0 Å². The Morgan fingerprint density at radius 3 is 3.00 bits per heavy atom. The normalized spacial score (nSPS) is 10.8. The summed E-state index contributed by atoms with van der Waals surface area (Å²) < 4.78 is 7.20. The average molecular weight is 299 g/mol. The zero-order valence-electron chi connectivity index (χ0n) is 9.40. The van der Waals surface area contributed by atoms with Crippen LogP contribution in [0.25, 0.3) is 5.52 Å². The third-order valence-electron chi connectivity index (χ3n) is 2.41. The molecule has 0 bridgehead atoms. The highest BCUT2D eigenvalue weighted by Gasteiger charge is 2.23. The van der Waals surface area contributed by atoms with Gasteiger partial charge in [0.2, 0.25) is 0 Å². The van der Waals surface area contributed by atoms with Crippen molar-refractivity contribution in [3.05, 3.63) is 22.1 Å². The van der Waals surface area contributed by atoms with Crippen molar-refractivity contribution in [3.8, 4) is 0 Å². The van der Waals surface area contributed by atoms with Crippen molar-refractivity contribution in [2.75, 3.05) is 12.3 Å². The summed E-state index contributed by atoms with van der Waals surface area (Å²) >= 11 is 3.36. The van der Waals surface area contributed by atoms with E-state index in [4.69, 9.17) is 10.5 Å². The predicted molar refractivity (Wildman–Crippen MR) is 65.8 cm³/mol. The minimum absolute atomic E-state index is 0.247. The van der Waals surface area contributed by atoms with Crippen molar-refractivity contribution in [3.63, 3.8) is 0 Å². The van der Waals surface area contributed by atoms with Crippen LogP contribution in [-0.2, 0) is 4.74 Å². The number of esters is 1. The summed E-state index contributed by atoms with van der Waals surface area (Å²) in [4.78, 5) is 15.8. The van der Waals surface area contributed by atoms with Crippen LogP contribution in [0.15, 0.2) is 10.9 Å². The second kappa shape index (κ2) is 4.33. The van der Waals surface area contributed by atoms with E-state index < -0.39 is 5.97 Å². The maximum atomic E-state index is 11.9. The van der Waals surface area contributed by atoms with Gasteiger partial charge >= 0.3 is 5.97 Å². The first kappa shape index (κ1) is 11.8. The van der Waals surface area contributed by atoms with Gasteiger partial charge in [-0.2, -0.15) is 5.10 Å². The molecule has 2 rings (SSSR count). The zero-order chi connectivity index (χ0) is 12.6. The molecule has 6 nitrogen and oxygen atoms in total. The Morgan fingerprint density at radius 1 is 1.65 bits per heavy atom. The molecule has 2 N–H and O–H groups in total. The van der Waals surface area contributed by atoms with Gasteiger partial charge in [0.1, 0.15) is 16.4 Å². The van der Waals surface area contributed by atoms with Crippen LogP contribution in [0.5, 0.6) is 0 Å². The summed E-state index contributed by atoms with van der Waals surface area (Å²) in [5.41, 5.74) is 7.37. The Morgan fingerprint density at radius 2 is 2.35 bits per heavy atom. The minimum atomic E-state index is -0.422. The summed E-state index contributed by atoms with van der Waals surface area (Å²) in [5.74, 6) is -0.174. The molecule has 2 heterocycles. The van der Waals surface area contributed by atoms with Gasteiger partial charge < -0.3 is 10.5 Å². The second-order valence-electron chi connectivity index (χ2n) is 3.42. The molecular formula is C10H11BrN4O2. The van der Waals surface area contributed by atoms with Crippen LogP contribution in [-0.4, -0.2) is 27.2 Å².